The number of carbonyl (C=O) groups excluding carboxylic acids is 1. The van der Waals surface area contributed by atoms with Crippen molar-refractivity contribution in [1.29, 1.82) is 0 Å². The Labute approximate surface area is 169 Å². The molecule has 2 heterocycles. The van der Waals surface area contributed by atoms with E-state index < -0.39 is 5.82 Å². The highest BCUT2D eigenvalue weighted by Gasteiger charge is 2.36. The molecular formula is C20H17BrFN3O3. The van der Waals surface area contributed by atoms with Crippen molar-refractivity contribution < 1.29 is 18.4 Å². The van der Waals surface area contributed by atoms with Crippen molar-refractivity contribution in [3.05, 3.63) is 64.2 Å². The van der Waals surface area contributed by atoms with E-state index in [1.807, 2.05) is 24.3 Å². The lowest BCUT2D eigenvalue weighted by molar-refractivity contribution is -0.129. The number of ether oxygens (including phenoxy) is 1. The number of carbonyl (C=O) groups is 1. The van der Waals surface area contributed by atoms with Crippen LogP contribution in [0.3, 0.4) is 0 Å². The van der Waals surface area contributed by atoms with Crippen LogP contribution in [0, 0.1) is 5.82 Å². The van der Waals surface area contributed by atoms with Gasteiger partial charge in [0.25, 0.3) is 0 Å². The number of hydrogen-bond donors (Lipinski definition) is 0. The molecule has 3 aromatic rings. The summed E-state index contributed by atoms with van der Waals surface area (Å²) in [6.45, 7) is 0.464. The lowest BCUT2D eigenvalue weighted by Crippen LogP contribution is -2.27. The van der Waals surface area contributed by atoms with E-state index in [-0.39, 0.29) is 23.5 Å². The summed E-state index contributed by atoms with van der Waals surface area (Å²) in [4.78, 5) is 18.5. The van der Waals surface area contributed by atoms with E-state index >= 15 is 0 Å². The molecule has 28 heavy (non-hydrogen) atoms. The van der Waals surface area contributed by atoms with Gasteiger partial charge in [-0.25, -0.2) is 4.39 Å². The fraction of sp³-hybridized carbons (Fsp3) is 0.250. The van der Waals surface area contributed by atoms with E-state index in [1.54, 1.807) is 11.0 Å². The minimum Gasteiger partial charge on any atom is -0.494 e. The molecule has 0 spiro atoms. The number of rotatable bonds is 5. The molecule has 8 heteroatoms. The SMILES string of the molecule is COc1ccc(-c2noc(C3CCC(=O)N3Cc3ccc(Br)cc3)n2)cc1F. The van der Waals surface area contributed by atoms with E-state index in [2.05, 4.69) is 26.1 Å². The number of aromatic nitrogens is 2. The summed E-state index contributed by atoms with van der Waals surface area (Å²) >= 11 is 3.41. The molecule has 2 aromatic carbocycles. The van der Waals surface area contributed by atoms with Gasteiger partial charge in [-0.15, -0.1) is 0 Å². The Morgan fingerprint density at radius 1 is 1.29 bits per heavy atom. The van der Waals surface area contributed by atoms with Gasteiger partial charge in [0, 0.05) is 23.0 Å². The Bertz CT molecular complexity index is 1010. The third-order valence-electron chi connectivity index (χ3n) is 4.73. The number of likely N-dealkylation sites (tertiary alicyclic amines) is 1. The van der Waals surface area contributed by atoms with E-state index in [0.29, 0.717) is 30.8 Å². The first-order valence-electron chi connectivity index (χ1n) is 8.76. The third-order valence-corrected chi connectivity index (χ3v) is 5.26. The van der Waals surface area contributed by atoms with Gasteiger partial charge < -0.3 is 14.2 Å². The topological polar surface area (TPSA) is 68.5 Å². The van der Waals surface area contributed by atoms with Crippen molar-refractivity contribution in [2.75, 3.05) is 7.11 Å². The van der Waals surface area contributed by atoms with Gasteiger partial charge in [-0.1, -0.05) is 33.2 Å². The molecule has 1 amide bonds. The molecule has 1 aliphatic heterocycles. The summed E-state index contributed by atoms with van der Waals surface area (Å²) in [6, 6.07) is 12.0. The van der Waals surface area contributed by atoms with Crippen LogP contribution in [0.5, 0.6) is 5.75 Å². The Morgan fingerprint density at radius 2 is 2.07 bits per heavy atom. The van der Waals surface area contributed by atoms with Crippen LogP contribution in [0.25, 0.3) is 11.4 Å². The van der Waals surface area contributed by atoms with Crippen molar-refractivity contribution in [2.45, 2.75) is 25.4 Å². The molecule has 1 unspecified atom stereocenters. The lowest BCUT2D eigenvalue weighted by Gasteiger charge is -2.22. The predicted octanol–water partition coefficient (Wildman–Crippen LogP) is 4.51. The second-order valence-electron chi connectivity index (χ2n) is 6.51. The maximum absolute atomic E-state index is 14.0. The highest BCUT2D eigenvalue weighted by atomic mass is 79.9. The van der Waals surface area contributed by atoms with Crippen LogP contribution in [0.2, 0.25) is 0 Å². The molecule has 6 nitrogen and oxygen atoms in total. The van der Waals surface area contributed by atoms with Gasteiger partial charge in [0.05, 0.1) is 7.11 Å². The van der Waals surface area contributed by atoms with Crippen LogP contribution >= 0.6 is 15.9 Å². The average Bonchev–Trinajstić information content (AvgIpc) is 3.31. The van der Waals surface area contributed by atoms with Gasteiger partial charge in [0.1, 0.15) is 6.04 Å². The Morgan fingerprint density at radius 3 is 2.79 bits per heavy atom. The standard InChI is InChI=1S/C20H17BrFN3O3/c1-27-17-8-4-13(10-15(17)22)19-23-20(28-24-19)16-7-9-18(26)25(16)11-12-2-5-14(21)6-3-12/h2-6,8,10,16H,7,9,11H2,1H3. The number of nitrogens with zero attached hydrogens (tertiary/aromatic N) is 3. The van der Waals surface area contributed by atoms with Gasteiger partial charge in [-0.2, -0.15) is 4.98 Å². The summed E-state index contributed by atoms with van der Waals surface area (Å²) in [5.41, 5.74) is 1.50. The van der Waals surface area contributed by atoms with Crippen LogP contribution in [0.4, 0.5) is 4.39 Å². The minimum atomic E-state index is -0.501. The molecular weight excluding hydrogens is 429 g/mol. The first kappa shape index (κ1) is 18.6. The number of halogens is 2. The number of hydrogen-bond acceptors (Lipinski definition) is 5. The molecule has 0 aliphatic carbocycles. The molecule has 0 N–H and O–H groups in total. The first-order chi connectivity index (χ1) is 13.5. The van der Waals surface area contributed by atoms with Crippen LogP contribution in [0.1, 0.15) is 30.3 Å². The molecule has 1 atom stereocenters. The molecule has 144 valence electrons. The maximum Gasteiger partial charge on any atom is 0.249 e. The van der Waals surface area contributed by atoms with Crippen LogP contribution in [-0.4, -0.2) is 28.1 Å². The molecule has 0 bridgehead atoms. The van der Waals surface area contributed by atoms with E-state index in [9.17, 15) is 9.18 Å². The van der Waals surface area contributed by atoms with E-state index in [0.717, 1.165) is 10.0 Å². The molecule has 1 aromatic heterocycles. The van der Waals surface area contributed by atoms with Crippen molar-refractivity contribution in [1.82, 2.24) is 15.0 Å². The number of methoxy groups -OCH3 is 1. The zero-order valence-electron chi connectivity index (χ0n) is 15.1. The Hall–Kier alpha value is -2.74. The van der Waals surface area contributed by atoms with Crippen LogP contribution < -0.4 is 4.74 Å². The summed E-state index contributed by atoms with van der Waals surface area (Å²) in [5, 5.41) is 3.97. The molecule has 1 saturated heterocycles. The Kier molecular flexibility index (Phi) is 5.13. The first-order valence-corrected chi connectivity index (χ1v) is 9.56. The van der Waals surface area contributed by atoms with E-state index in [4.69, 9.17) is 9.26 Å². The highest BCUT2D eigenvalue weighted by Crippen LogP contribution is 2.34. The molecule has 4 rings (SSSR count). The number of benzene rings is 2. The largest absolute Gasteiger partial charge is 0.494 e. The summed E-state index contributed by atoms with van der Waals surface area (Å²) < 4.78 is 25.3. The van der Waals surface area contributed by atoms with Gasteiger partial charge in [-0.05, 0) is 42.3 Å². The van der Waals surface area contributed by atoms with Crippen molar-refractivity contribution >= 4 is 21.8 Å². The van der Waals surface area contributed by atoms with Crippen LogP contribution in [-0.2, 0) is 11.3 Å². The molecule has 0 radical (unpaired) electrons. The van der Waals surface area contributed by atoms with Crippen LogP contribution in [0.15, 0.2) is 51.5 Å². The van der Waals surface area contributed by atoms with Gasteiger partial charge >= 0.3 is 0 Å². The quantitative estimate of drug-likeness (QED) is 0.577. The van der Waals surface area contributed by atoms with Gasteiger partial charge in [0.2, 0.25) is 17.6 Å². The summed E-state index contributed by atoms with van der Waals surface area (Å²) in [5.74, 6) is 0.325. The van der Waals surface area contributed by atoms with Crippen molar-refractivity contribution in [3.8, 4) is 17.1 Å². The van der Waals surface area contributed by atoms with E-state index in [1.165, 1.54) is 19.2 Å². The summed E-state index contributed by atoms with van der Waals surface area (Å²) in [7, 11) is 1.40. The number of amides is 1. The second-order valence-corrected chi connectivity index (χ2v) is 7.42. The predicted molar refractivity (Wildman–Crippen MR) is 103 cm³/mol. The van der Waals surface area contributed by atoms with Gasteiger partial charge in [0.15, 0.2) is 11.6 Å². The van der Waals surface area contributed by atoms with Crippen molar-refractivity contribution in [3.63, 3.8) is 0 Å². The monoisotopic (exact) mass is 445 g/mol. The normalized spacial score (nSPS) is 16.6. The fourth-order valence-electron chi connectivity index (χ4n) is 3.27. The van der Waals surface area contributed by atoms with Crippen molar-refractivity contribution in [2.24, 2.45) is 0 Å². The zero-order chi connectivity index (χ0) is 19.7. The third kappa shape index (κ3) is 3.64. The molecule has 1 aliphatic rings. The maximum atomic E-state index is 14.0. The second kappa shape index (κ2) is 7.71. The Balaban J connectivity index is 1.57. The van der Waals surface area contributed by atoms with Gasteiger partial charge in [-0.3, -0.25) is 4.79 Å². The highest BCUT2D eigenvalue weighted by molar-refractivity contribution is 9.10. The molecule has 1 fully saturated rings. The minimum absolute atomic E-state index is 0.0446. The lowest BCUT2D eigenvalue weighted by atomic mass is 10.1. The average molecular weight is 446 g/mol. The smallest absolute Gasteiger partial charge is 0.249 e. The molecule has 0 saturated carbocycles. The summed E-state index contributed by atoms with van der Waals surface area (Å²) in [6.07, 6.45) is 1.03. The fourth-order valence-corrected chi connectivity index (χ4v) is 3.53. The zero-order valence-corrected chi connectivity index (χ0v) is 16.6.